The van der Waals surface area contributed by atoms with Gasteiger partial charge in [-0.15, -0.1) is 0 Å². The zero-order valence-corrected chi connectivity index (χ0v) is 16.4. The second-order valence-electron chi connectivity index (χ2n) is 4.66. The Morgan fingerprint density at radius 1 is 0.600 bits per heavy atom. The van der Waals surface area contributed by atoms with Crippen molar-refractivity contribution in [3.05, 3.63) is 48.6 Å². The third-order valence-electron chi connectivity index (χ3n) is 2.67. The van der Waals surface area contributed by atoms with Gasteiger partial charge in [0.2, 0.25) is 0 Å². The molecule has 0 spiro atoms. The molecule has 0 amide bonds. The number of hydrogen-bond donors (Lipinski definition) is 1. The van der Waals surface area contributed by atoms with Gasteiger partial charge in [0.15, 0.2) is 0 Å². The zero-order chi connectivity index (χ0) is 18.5. The van der Waals surface area contributed by atoms with Gasteiger partial charge in [-0.25, -0.2) is 0 Å². The smallest absolute Gasteiger partial charge is 0.379 e. The Kier molecular flexibility index (Phi) is 29.7. The summed E-state index contributed by atoms with van der Waals surface area (Å²) in [5.41, 5.74) is 0. The fraction of sp³-hybridized carbons (Fsp3) is 0.529. The van der Waals surface area contributed by atoms with Crippen molar-refractivity contribution in [2.24, 2.45) is 0 Å². The van der Waals surface area contributed by atoms with Gasteiger partial charge < -0.3 is 13.0 Å². The molecule has 0 aromatic rings. The molecule has 0 fully saturated rings. The Balaban J connectivity index is -0.000000270. The van der Waals surface area contributed by atoms with E-state index in [9.17, 15) is 13.2 Å². The maximum absolute atomic E-state index is 9.67. The minimum absolute atomic E-state index is 0. The summed E-state index contributed by atoms with van der Waals surface area (Å²) in [4.78, 5) is 0. The molecule has 0 aliphatic heterocycles. The average molecular weight is 470 g/mol. The molecule has 149 valence electrons. The Hall–Kier alpha value is -0.717. The molecular formula is C17H26F3O3RhS-. The second-order valence-corrected chi connectivity index (χ2v) is 5.09. The quantitative estimate of drug-likeness (QED) is 0.149. The van der Waals surface area contributed by atoms with E-state index >= 15 is 0 Å². The Morgan fingerprint density at radius 3 is 0.760 bits per heavy atom. The normalized spacial score (nSPS) is 18.2. The van der Waals surface area contributed by atoms with Crippen molar-refractivity contribution < 1.29 is 45.6 Å². The molecule has 0 aromatic heterocycles. The largest absolute Gasteiger partial charge is 0.439 e. The third kappa shape index (κ3) is 45.2. The molecule has 25 heavy (non-hydrogen) atoms. The number of rotatable bonds is 0. The van der Waals surface area contributed by atoms with Gasteiger partial charge in [-0.1, -0.05) is 48.6 Å². The Morgan fingerprint density at radius 2 is 0.680 bits per heavy atom. The summed E-state index contributed by atoms with van der Waals surface area (Å²) in [6.07, 6.45) is 28.0. The topological polar surface area (TPSA) is 54.4 Å². The summed E-state index contributed by atoms with van der Waals surface area (Å²) in [5, 5.41) is 0. The van der Waals surface area contributed by atoms with Gasteiger partial charge >= 0.3 is 6.68 Å². The predicted octanol–water partition coefficient (Wildman–Crippen LogP) is 6.29. The third-order valence-corrected chi connectivity index (χ3v) is 2.67. The van der Waals surface area contributed by atoms with E-state index in [1.807, 2.05) is 0 Å². The molecule has 0 heterocycles. The van der Waals surface area contributed by atoms with Crippen LogP contribution in [0.2, 0.25) is 0 Å². The van der Waals surface area contributed by atoms with Crippen molar-refractivity contribution in [3.8, 4) is 0 Å². The van der Waals surface area contributed by atoms with Crippen LogP contribution < -0.4 is 0 Å². The van der Waals surface area contributed by atoms with E-state index in [1.54, 1.807) is 0 Å². The van der Waals surface area contributed by atoms with Gasteiger partial charge in [-0.05, 0) is 51.4 Å². The molecule has 1 N–H and O–H groups in total. The molecule has 1 radical (unpaired) electrons. The predicted molar refractivity (Wildman–Crippen MR) is 92.0 cm³/mol. The second kappa shape index (κ2) is 25.5. The van der Waals surface area contributed by atoms with Crippen molar-refractivity contribution in [1.82, 2.24) is 0 Å². The Labute approximate surface area is 163 Å². The van der Waals surface area contributed by atoms with Crippen LogP contribution in [0, 0.1) is 0 Å². The van der Waals surface area contributed by atoms with Crippen LogP contribution in [0.15, 0.2) is 48.6 Å². The maximum atomic E-state index is 9.67. The van der Waals surface area contributed by atoms with E-state index in [1.165, 1.54) is 51.4 Å². The van der Waals surface area contributed by atoms with Crippen molar-refractivity contribution in [1.29, 1.82) is 0 Å². The van der Waals surface area contributed by atoms with Crippen LogP contribution >= 0.6 is 0 Å². The van der Waals surface area contributed by atoms with Gasteiger partial charge in [0.25, 0.3) is 0 Å². The summed E-state index contributed by atoms with van der Waals surface area (Å²) in [6, 6.07) is 0. The first kappa shape index (κ1) is 29.1. The molecule has 8 heteroatoms. The van der Waals surface area contributed by atoms with Crippen LogP contribution in [0.3, 0.4) is 0 Å². The van der Waals surface area contributed by atoms with Crippen molar-refractivity contribution >= 4 is 11.0 Å². The molecule has 0 atom stereocenters. The van der Waals surface area contributed by atoms with Crippen molar-refractivity contribution in [2.75, 3.05) is 0 Å². The molecule has 2 rings (SSSR count). The van der Waals surface area contributed by atoms with E-state index < -0.39 is 17.7 Å². The SMILES string of the molecule is C1=CCC/C=C\CC1.C1=CCC/C=C\CC1.FC(F)F.O=[S-](=O)O.[Rh]. The molecule has 3 nitrogen and oxygen atoms in total. The summed E-state index contributed by atoms with van der Waals surface area (Å²) in [6.45, 7) is -3.67. The molecule has 0 unspecified atom stereocenters. The van der Waals surface area contributed by atoms with Crippen LogP contribution in [0.1, 0.15) is 51.4 Å². The minimum atomic E-state index is -3.67. The minimum Gasteiger partial charge on any atom is -0.439 e. The van der Waals surface area contributed by atoms with Crippen LogP contribution in [0.25, 0.3) is 0 Å². The number of alkyl halides is 3. The van der Waals surface area contributed by atoms with Gasteiger partial charge in [0, 0.05) is 30.5 Å². The van der Waals surface area contributed by atoms with Gasteiger partial charge in [0.1, 0.15) is 0 Å². The van der Waals surface area contributed by atoms with E-state index in [4.69, 9.17) is 13.0 Å². The Bertz CT molecular complexity index is 358. The fourth-order valence-corrected chi connectivity index (χ4v) is 1.71. The molecule has 0 bridgehead atoms. The van der Waals surface area contributed by atoms with Crippen LogP contribution in [-0.2, 0) is 38.9 Å². The van der Waals surface area contributed by atoms with Gasteiger partial charge in [-0.2, -0.15) is 13.2 Å². The average Bonchev–Trinajstić information content (AvgIpc) is 2.35. The van der Waals surface area contributed by atoms with E-state index in [-0.39, 0.29) is 19.5 Å². The first-order valence-electron chi connectivity index (χ1n) is 7.77. The number of allylic oxidation sites excluding steroid dienone is 8. The number of hydrogen-bond acceptors (Lipinski definition) is 3. The maximum Gasteiger partial charge on any atom is 0.379 e. The molecule has 0 saturated heterocycles. The van der Waals surface area contributed by atoms with E-state index in [0.717, 1.165) is 0 Å². The van der Waals surface area contributed by atoms with Crippen molar-refractivity contribution in [3.63, 3.8) is 0 Å². The monoisotopic (exact) mass is 470 g/mol. The standard InChI is InChI=1S/2C8H12.CHF3.HO3S.Rh/c2*1-2-4-6-8-7-5-3-1;2-1(3)4;1-4(2)3;/h2*1-2,7-8H,3-6H2;1H;(H,1,2,3);/q;;;-1;/b2*2-1-,8-7?;;;. The summed E-state index contributed by atoms with van der Waals surface area (Å²) < 4.78 is 53.1. The fourth-order valence-electron chi connectivity index (χ4n) is 1.71. The van der Waals surface area contributed by atoms with Gasteiger partial charge in [-0.3, -0.25) is 0 Å². The van der Waals surface area contributed by atoms with Crippen LogP contribution in [0.4, 0.5) is 13.2 Å². The molecule has 2 aliphatic carbocycles. The van der Waals surface area contributed by atoms with Crippen LogP contribution in [-0.4, -0.2) is 11.2 Å². The molecule has 0 saturated carbocycles. The van der Waals surface area contributed by atoms with E-state index in [0.29, 0.717) is 0 Å². The number of halogens is 3. The van der Waals surface area contributed by atoms with E-state index in [2.05, 4.69) is 48.6 Å². The van der Waals surface area contributed by atoms with Crippen LogP contribution in [0.5, 0.6) is 0 Å². The molecular weight excluding hydrogens is 444 g/mol. The van der Waals surface area contributed by atoms with Crippen molar-refractivity contribution in [2.45, 2.75) is 58.0 Å². The summed E-state index contributed by atoms with van der Waals surface area (Å²) in [5.74, 6) is 0. The summed E-state index contributed by atoms with van der Waals surface area (Å²) in [7, 11) is -2.86. The molecule has 2 aliphatic rings. The summed E-state index contributed by atoms with van der Waals surface area (Å²) >= 11 is 0. The van der Waals surface area contributed by atoms with Gasteiger partial charge in [0.05, 0.1) is 0 Å². The zero-order valence-electron chi connectivity index (χ0n) is 14.0. The first-order chi connectivity index (χ1) is 11.5. The molecule has 0 aromatic carbocycles. The first-order valence-corrected chi connectivity index (χ1v) is 8.80.